The number of hydrogen-bond donors (Lipinski definition) is 0. The van der Waals surface area contributed by atoms with Crippen molar-refractivity contribution in [1.29, 1.82) is 0 Å². The van der Waals surface area contributed by atoms with Gasteiger partial charge in [-0.2, -0.15) is 11.3 Å². The van der Waals surface area contributed by atoms with Gasteiger partial charge in [-0.15, -0.1) is 0 Å². The summed E-state index contributed by atoms with van der Waals surface area (Å²) in [5, 5.41) is 3.72. The third-order valence-corrected chi connectivity index (χ3v) is 4.87. The zero-order valence-corrected chi connectivity index (χ0v) is 11.7. The van der Waals surface area contributed by atoms with Crippen molar-refractivity contribution in [1.82, 2.24) is 9.80 Å². The zero-order valence-electron chi connectivity index (χ0n) is 10.1. The summed E-state index contributed by atoms with van der Waals surface area (Å²) in [6.45, 7) is 0.946. The van der Waals surface area contributed by atoms with Gasteiger partial charge in [0, 0.05) is 13.1 Å². The first-order chi connectivity index (χ1) is 9.15. The molecule has 100 valence electrons. The largest absolute Gasteiger partial charge is 0.338 e. The highest BCUT2D eigenvalue weighted by atomic mass is 32.2. The average Bonchev–Trinajstić information content (AvgIpc) is 2.91. The van der Waals surface area contributed by atoms with Crippen LogP contribution in [0.1, 0.15) is 5.56 Å². The van der Waals surface area contributed by atoms with Gasteiger partial charge in [0.05, 0.1) is 18.2 Å². The van der Waals surface area contributed by atoms with Crippen LogP contribution in [0.3, 0.4) is 0 Å². The Morgan fingerprint density at radius 2 is 2.16 bits per heavy atom. The van der Waals surface area contributed by atoms with Crippen LogP contribution < -0.4 is 0 Å². The molecule has 0 N–H and O–H groups in total. The number of carbonyl (C=O) groups is 3. The average molecular weight is 296 g/mol. The number of thiophene rings is 1. The standard InChI is InChI=1S/C12H12N2O3S2/c15-10(3-8-1-2-18-6-8)13-4-9(5-13)14-11(16)7-19-12(14)17/h1-2,6,9H,3-5,7H2. The van der Waals surface area contributed by atoms with Crippen LogP contribution in [0, 0.1) is 0 Å². The van der Waals surface area contributed by atoms with Crippen molar-refractivity contribution in [2.24, 2.45) is 0 Å². The van der Waals surface area contributed by atoms with Gasteiger partial charge in [0.2, 0.25) is 11.8 Å². The number of hydrogen-bond acceptors (Lipinski definition) is 5. The topological polar surface area (TPSA) is 57.7 Å². The molecule has 0 unspecified atom stereocenters. The summed E-state index contributed by atoms with van der Waals surface area (Å²) in [7, 11) is 0. The van der Waals surface area contributed by atoms with Gasteiger partial charge in [0.25, 0.3) is 5.24 Å². The van der Waals surface area contributed by atoms with E-state index in [0.717, 1.165) is 17.3 Å². The van der Waals surface area contributed by atoms with Gasteiger partial charge >= 0.3 is 0 Å². The van der Waals surface area contributed by atoms with Gasteiger partial charge < -0.3 is 4.90 Å². The Morgan fingerprint density at radius 3 is 2.74 bits per heavy atom. The summed E-state index contributed by atoms with van der Waals surface area (Å²) in [6.07, 6.45) is 0.396. The van der Waals surface area contributed by atoms with E-state index in [2.05, 4.69) is 0 Å². The molecule has 0 bridgehead atoms. The summed E-state index contributed by atoms with van der Waals surface area (Å²) >= 11 is 2.61. The molecule has 0 spiro atoms. The van der Waals surface area contributed by atoms with Crippen molar-refractivity contribution in [2.75, 3.05) is 18.8 Å². The second kappa shape index (κ2) is 4.97. The van der Waals surface area contributed by atoms with Gasteiger partial charge in [-0.1, -0.05) is 11.8 Å². The van der Waals surface area contributed by atoms with Crippen molar-refractivity contribution in [3.8, 4) is 0 Å². The third-order valence-electron chi connectivity index (χ3n) is 3.30. The van der Waals surface area contributed by atoms with Crippen LogP contribution in [0.4, 0.5) is 4.79 Å². The number of likely N-dealkylation sites (tertiary alicyclic amines) is 1. The molecule has 3 rings (SSSR count). The Labute approximate surface area is 118 Å². The molecule has 7 heteroatoms. The smallest absolute Gasteiger partial charge is 0.289 e. The molecular weight excluding hydrogens is 284 g/mol. The molecule has 2 fully saturated rings. The maximum atomic E-state index is 12.0. The van der Waals surface area contributed by atoms with E-state index in [1.165, 1.54) is 4.90 Å². The number of nitrogens with zero attached hydrogens (tertiary/aromatic N) is 2. The highest BCUT2D eigenvalue weighted by Crippen LogP contribution is 2.26. The minimum Gasteiger partial charge on any atom is -0.338 e. The number of thioether (sulfide) groups is 1. The van der Waals surface area contributed by atoms with E-state index in [1.54, 1.807) is 16.2 Å². The van der Waals surface area contributed by atoms with Crippen LogP contribution in [0.25, 0.3) is 0 Å². The molecule has 2 aliphatic rings. The van der Waals surface area contributed by atoms with E-state index in [-0.39, 0.29) is 28.8 Å². The summed E-state index contributed by atoms with van der Waals surface area (Å²) in [5.41, 5.74) is 1.02. The normalized spacial score (nSPS) is 20.0. The highest BCUT2D eigenvalue weighted by Gasteiger charge is 2.43. The molecule has 19 heavy (non-hydrogen) atoms. The second-order valence-electron chi connectivity index (χ2n) is 4.58. The molecule has 2 saturated heterocycles. The van der Waals surface area contributed by atoms with E-state index < -0.39 is 0 Å². The van der Waals surface area contributed by atoms with Crippen LogP contribution in [-0.2, 0) is 16.0 Å². The highest BCUT2D eigenvalue weighted by molar-refractivity contribution is 8.14. The minimum atomic E-state index is -0.181. The molecule has 3 heterocycles. The fraction of sp³-hybridized carbons (Fsp3) is 0.417. The van der Waals surface area contributed by atoms with Gasteiger partial charge in [-0.25, -0.2) is 0 Å². The lowest BCUT2D eigenvalue weighted by Gasteiger charge is -2.42. The Hall–Kier alpha value is -1.34. The number of rotatable bonds is 3. The first-order valence-corrected chi connectivity index (χ1v) is 7.85. The number of imide groups is 1. The molecule has 0 aliphatic carbocycles. The Balaban J connectivity index is 1.54. The number of carbonyl (C=O) groups excluding carboxylic acids is 3. The van der Waals surface area contributed by atoms with Crippen LogP contribution in [0.2, 0.25) is 0 Å². The predicted octanol–water partition coefficient (Wildman–Crippen LogP) is 1.20. The van der Waals surface area contributed by atoms with Crippen LogP contribution in [0.15, 0.2) is 16.8 Å². The quantitative estimate of drug-likeness (QED) is 0.841. The van der Waals surface area contributed by atoms with E-state index >= 15 is 0 Å². The molecule has 3 amide bonds. The van der Waals surface area contributed by atoms with Crippen LogP contribution >= 0.6 is 23.1 Å². The maximum Gasteiger partial charge on any atom is 0.289 e. The van der Waals surface area contributed by atoms with Crippen molar-refractivity contribution < 1.29 is 14.4 Å². The summed E-state index contributed by atoms with van der Waals surface area (Å²) in [4.78, 5) is 38.0. The molecule has 0 aromatic carbocycles. The van der Waals surface area contributed by atoms with Crippen LogP contribution in [-0.4, -0.2) is 51.7 Å². The molecule has 1 aromatic heterocycles. The Bertz CT molecular complexity index is 507. The van der Waals surface area contributed by atoms with Crippen LogP contribution in [0.5, 0.6) is 0 Å². The fourth-order valence-electron chi connectivity index (χ4n) is 2.22. The lowest BCUT2D eigenvalue weighted by Crippen LogP contribution is -2.62. The van der Waals surface area contributed by atoms with Gasteiger partial charge in [-0.3, -0.25) is 19.3 Å². The lowest BCUT2D eigenvalue weighted by molar-refractivity contribution is -0.141. The Kier molecular flexibility index (Phi) is 3.32. The molecule has 5 nitrogen and oxygen atoms in total. The lowest BCUT2D eigenvalue weighted by atomic mass is 10.1. The first-order valence-electron chi connectivity index (χ1n) is 5.93. The van der Waals surface area contributed by atoms with Crippen molar-refractivity contribution in [2.45, 2.75) is 12.5 Å². The molecule has 0 radical (unpaired) electrons. The second-order valence-corrected chi connectivity index (χ2v) is 6.29. The first kappa shape index (κ1) is 12.7. The van der Waals surface area contributed by atoms with Gasteiger partial charge in [0.1, 0.15) is 0 Å². The number of amides is 3. The predicted molar refractivity (Wildman–Crippen MR) is 73.1 cm³/mol. The molecular formula is C12H12N2O3S2. The monoisotopic (exact) mass is 296 g/mol. The van der Waals surface area contributed by atoms with E-state index in [1.807, 2.05) is 16.8 Å². The molecule has 0 saturated carbocycles. The zero-order chi connectivity index (χ0) is 13.4. The fourth-order valence-corrected chi connectivity index (χ4v) is 3.66. The summed E-state index contributed by atoms with van der Waals surface area (Å²) in [6, 6.07) is 1.81. The SMILES string of the molecule is O=C(Cc1ccsc1)N1CC(N2C(=O)CSC2=O)C1. The third kappa shape index (κ3) is 2.40. The van der Waals surface area contributed by atoms with Crippen molar-refractivity contribution >= 4 is 40.2 Å². The van der Waals surface area contributed by atoms with Crippen molar-refractivity contribution in [3.63, 3.8) is 0 Å². The van der Waals surface area contributed by atoms with E-state index in [9.17, 15) is 14.4 Å². The minimum absolute atomic E-state index is 0.0568. The Morgan fingerprint density at radius 1 is 1.37 bits per heavy atom. The summed E-state index contributed by atoms with van der Waals surface area (Å²) in [5.74, 6) is 0.157. The van der Waals surface area contributed by atoms with E-state index in [4.69, 9.17) is 0 Å². The molecule has 1 aromatic rings. The maximum absolute atomic E-state index is 12.0. The molecule has 2 aliphatic heterocycles. The summed E-state index contributed by atoms with van der Waals surface area (Å²) < 4.78 is 0. The van der Waals surface area contributed by atoms with Gasteiger partial charge in [0.15, 0.2) is 0 Å². The molecule has 0 atom stereocenters. The van der Waals surface area contributed by atoms with Gasteiger partial charge in [-0.05, 0) is 22.4 Å². The van der Waals surface area contributed by atoms with E-state index in [0.29, 0.717) is 19.5 Å². The van der Waals surface area contributed by atoms with Crippen molar-refractivity contribution in [3.05, 3.63) is 22.4 Å².